The molecule has 1 aromatic carbocycles. The lowest BCUT2D eigenvalue weighted by atomic mass is 9.71. The minimum atomic E-state index is -0.521. The normalized spacial score (nSPS) is 21.8. The van der Waals surface area contributed by atoms with Crippen LogP contribution in [0.3, 0.4) is 0 Å². The molecule has 0 amide bonds. The van der Waals surface area contributed by atoms with Gasteiger partial charge >= 0.3 is 5.97 Å². The minimum Gasteiger partial charge on any atom is -0.460 e. The van der Waals surface area contributed by atoms with E-state index in [1.165, 1.54) is 19.3 Å². The molecule has 0 saturated heterocycles. The van der Waals surface area contributed by atoms with Gasteiger partial charge in [0, 0.05) is 24.5 Å². The van der Waals surface area contributed by atoms with Crippen molar-refractivity contribution in [3.63, 3.8) is 0 Å². The Bertz CT molecular complexity index is 985. The van der Waals surface area contributed by atoms with Gasteiger partial charge in [0.25, 0.3) is 0 Å². The van der Waals surface area contributed by atoms with Crippen LogP contribution in [0.1, 0.15) is 115 Å². The zero-order chi connectivity index (χ0) is 25.9. The zero-order valence-corrected chi connectivity index (χ0v) is 23.1. The van der Waals surface area contributed by atoms with E-state index in [2.05, 4.69) is 30.5 Å². The van der Waals surface area contributed by atoms with E-state index >= 15 is 0 Å². The quantitative estimate of drug-likeness (QED) is 0.239. The van der Waals surface area contributed by atoms with Gasteiger partial charge in [-0.3, -0.25) is 4.79 Å². The molecule has 1 heterocycles. The van der Waals surface area contributed by atoms with E-state index < -0.39 is 5.60 Å². The van der Waals surface area contributed by atoms with Crippen LogP contribution in [0, 0.1) is 17.8 Å². The third-order valence-corrected chi connectivity index (χ3v) is 7.46. The second kappa shape index (κ2) is 11.5. The van der Waals surface area contributed by atoms with Crippen molar-refractivity contribution in [1.82, 2.24) is 14.8 Å². The number of carbonyl (C=O) groups is 1. The summed E-state index contributed by atoms with van der Waals surface area (Å²) >= 11 is 0. The molecule has 4 rings (SSSR count). The lowest BCUT2D eigenvalue weighted by molar-refractivity contribution is -0.160. The van der Waals surface area contributed by atoms with Gasteiger partial charge in [0.15, 0.2) is 0 Å². The summed E-state index contributed by atoms with van der Waals surface area (Å²) in [6.07, 6.45) is 6.73. The summed E-state index contributed by atoms with van der Waals surface area (Å²) in [6.45, 7) is 13.5. The average Bonchev–Trinajstić information content (AvgIpc) is 3.54. The number of hydrogen-bond acceptors (Lipinski definition) is 5. The van der Waals surface area contributed by atoms with Crippen molar-refractivity contribution in [2.24, 2.45) is 17.8 Å². The highest BCUT2D eigenvalue weighted by atomic mass is 16.6. The maximum atomic E-state index is 13.2. The number of benzene rings is 1. The Hall–Kier alpha value is -2.21. The second-order valence-corrected chi connectivity index (χ2v) is 12.4. The molecule has 2 aromatic rings. The molecule has 0 radical (unpaired) electrons. The number of nitrogens with zero attached hydrogens (tertiary/aromatic N) is 3. The van der Waals surface area contributed by atoms with Crippen molar-refractivity contribution in [2.75, 3.05) is 6.61 Å². The molecule has 0 aliphatic heterocycles. The van der Waals surface area contributed by atoms with E-state index in [0.29, 0.717) is 31.6 Å². The molecule has 36 heavy (non-hydrogen) atoms. The number of aromatic nitrogens is 3. The van der Waals surface area contributed by atoms with Crippen LogP contribution in [0.5, 0.6) is 0 Å². The number of hydrogen-bond donors (Lipinski definition) is 0. The molecule has 6 heteroatoms. The van der Waals surface area contributed by atoms with Crippen LogP contribution in [0.2, 0.25) is 0 Å². The first-order valence-electron chi connectivity index (χ1n) is 13.9. The van der Waals surface area contributed by atoms with Crippen molar-refractivity contribution in [3.05, 3.63) is 47.5 Å². The highest BCUT2D eigenvalue weighted by Gasteiger charge is 2.41. The summed E-state index contributed by atoms with van der Waals surface area (Å²) in [5, 5.41) is 9.50. The topological polar surface area (TPSA) is 66.2 Å². The number of esters is 1. The molecule has 198 valence electrons. The molecule has 2 aliphatic rings. The molecular weight excluding hydrogens is 450 g/mol. The Morgan fingerprint density at radius 2 is 1.78 bits per heavy atom. The van der Waals surface area contributed by atoms with Crippen molar-refractivity contribution in [1.29, 1.82) is 0 Å². The predicted octanol–water partition coefficient (Wildman–Crippen LogP) is 6.82. The van der Waals surface area contributed by atoms with E-state index in [4.69, 9.17) is 19.7 Å². The average molecular weight is 496 g/mol. The van der Waals surface area contributed by atoms with E-state index in [9.17, 15) is 4.79 Å². The van der Waals surface area contributed by atoms with Crippen molar-refractivity contribution < 1.29 is 14.3 Å². The molecule has 6 nitrogen and oxygen atoms in total. The van der Waals surface area contributed by atoms with Crippen LogP contribution in [-0.4, -0.2) is 32.9 Å². The van der Waals surface area contributed by atoms with Gasteiger partial charge in [-0.25, -0.2) is 0 Å². The Morgan fingerprint density at radius 3 is 2.39 bits per heavy atom. The van der Waals surface area contributed by atoms with Crippen LogP contribution in [0.15, 0.2) is 30.3 Å². The van der Waals surface area contributed by atoms with Gasteiger partial charge in [-0.05, 0) is 76.7 Å². The minimum absolute atomic E-state index is 0.0935. The first-order valence-corrected chi connectivity index (χ1v) is 13.9. The molecule has 2 saturated carbocycles. The SMILES string of the molecule is CC(C)CC1CC(c2nnc(C(CCOCc3ccccc3)C(C)C(=O)OC(C)(C)C)n2C2CC2)C1. The Labute approximate surface area is 217 Å². The predicted molar refractivity (Wildman–Crippen MR) is 142 cm³/mol. The summed E-state index contributed by atoms with van der Waals surface area (Å²) in [6, 6.07) is 10.7. The highest BCUT2D eigenvalue weighted by molar-refractivity contribution is 5.73. The first kappa shape index (κ1) is 26.8. The largest absolute Gasteiger partial charge is 0.460 e. The van der Waals surface area contributed by atoms with Gasteiger partial charge in [-0.2, -0.15) is 0 Å². The molecule has 0 spiro atoms. The number of ether oxygens (including phenoxy) is 2. The molecule has 1 aromatic heterocycles. The smallest absolute Gasteiger partial charge is 0.309 e. The van der Waals surface area contributed by atoms with Gasteiger partial charge in [0.2, 0.25) is 0 Å². The van der Waals surface area contributed by atoms with Crippen molar-refractivity contribution >= 4 is 5.97 Å². The maximum Gasteiger partial charge on any atom is 0.309 e. The van der Waals surface area contributed by atoms with Crippen molar-refractivity contribution in [2.45, 2.75) is 110 Å². The molecule has 2 unspecified atom stereocenters. The van der Waals surface area contributed by atoms with Crippen LogP contribution in [0.4, 0.5) is 0 Å². The fraction of sp³-hybridized carbons (Fsp3) is 0.700. The zero-order valence-electron chi connectivity index (χ0n) is 23.1. The summed E-state index contributed by atoms with van der Waals surface area (Å²) < 4.78 is 14.2. The van der Waals surface area contributed by atoms with Gasteiger partial charge in [-0.1, -0.05) is 51.1 Å². The monoisotopic (exact) mass is 495 g/mol. The third kappa shape index (κ3) is 6.96. The van der Waals surface area contributed by atoms with E-state index in [1.54, 1.807) is 0 Å². The Balaban J connectivity index is 1.51. The standard InChI is InChI=1S/C30H45N3O3/c1-20(2)16-23-17-24(18-23)27-31-32-28(33(27)25-12-13-25)26(21(3)29(34)36-30(4,5)6)14-15-35-19-22-10-8-7-9-11-22/h7-11,20-21,23-26H,12-19H2,1-6H3. The van der Waals surface area contributed by atoms with E-state index in [-0.39, 0.29) is 17.8 Å². The fourth-order valence-corrected chi connectivity index (χ4v) is 5.50. The van der Waals surface area contributed by atoms with Crippen LogP contribution >= 0.6 is 0 Å². The van der Waals surface area contributed by atoms with Crippen molar-refractivity contribution in [3.8, 4) is 0 Å². The first-order chi connectivity index (χ1) is 17.1. The summed E-state index contributed by atoms with van der Waals surface area (Å²) in [5.74, 6) is 3.51. The molecule has 2 atom stereocenters. The molecule has 2 aliphatic carbocycles. The third-order valence-electron chi connectivity index (χ3n) is 7.46. The number of rotatable bonds is 12. The second-order valence-electron chi connectivity index (χ2n) is 12.4. The lowest BCUT2D eigenvalue weighted by Crippen LogP contribution is -2.32. The van der Waals surface area contributed by atoms with E-state index in [1.807, 2.05) is 45.9 Å². The molecule has 0 bridgehead atoms. The van der Waals surface area contributed by atoms with Crippen LogP contribution in [-0.2, 0) is 20.9 Å². The Kier molecular flexibility index (Phi) is 8.54. The number of carbonyl (C=O) groups excluding carboxylic acids is 1. The van der Waals surface area contributed by atoms with Crippen LogP contribution < -0.4 is 0 Å². The highest BCUT2D eigenvalue weighted by Crippen LogP contribution is 2.48. The van der Waals surface area contributed by atoms with Gasteiger partial charge < -0.3 is 14.0 Å². The summed E-state index contributed by atoms with van der Waals surface area (Å²) in [4.78, 5) is 13.2. The lowest BCUT2D eigenvalue weighted by Gasteiger charge is -2.36. The Morgan fingerprint density at radius 1 is 1.08 bits per heavy atom. The molecule has 2 fully saturated rings. The van der Waals surface area contributed by atoms with Gasteiger partial charge in [0.05, 0.1) is 12.5 Å². The fourth-order valence-electron chi connectivity index (χ4n) is 5.50. The van der Waals surface area contributed by atoms with E-state index in [0.717, 1.165) is 41.9 Å². The summed E-state index contributed by atoms with van der Waals surface area (Å²) in [7, 11) is 0. The molecular formula is C30H45N3O3. The summed E-state index contributed by atoms with van der Waals surface area (Å²) in [5.41, 5.74) is 0.630. The van der Waals surface area contributed by atoms with Gasteiger partial charge in [0.1, 0.15) is 17.2 Å². The molecule has 0 N–H and O–H groups in total. The van der Waals surface area contributed by atoms with Gasteiger partial charge in [-0.15, -0.1) is 10.2 Å². The van der Waals surface area contributed by atoms with Crippen LogP contribution in [0.25, 0.3) is 0 Å². The maximum absolute atomic E-state index is 13.2.